The summed E-state index contributed by atoms with van der Waals surface area (Å²) in [6.45, 7) is 0.662. The lowest BCUT2D eigenvalue weighted by Gasteiger charge is -2.07. The lowest BCUT2D eigenvalue weighted by molar-refractivity contribution is 0.835. The monoisotopic (exact) mass is 365 g/mol. The smallest absolute Gasteiger partial charge is 0.126 e. The van der Waals surface area contributed by atoms with Gasteiger partial charge in [-0.3, -0.25) is 0 Å². The number of benzene rings is 3. The molecule has 0 unspecified atom stereocenters. The third-order valence-corrected chi connectivity index (χ3v) is 5.86. The Balaban J connectivity index is 1.68. The quantitative estimate of drug-likeness (QED) is 0.403. The Kier molecular flexibility index (Phi) is 3.74. The lowest BCUT2D eigenvalue weighted by Crippen LogP contribution is -2.00. The molecule has 0 aliphatic carbocycles. The molecule has 3 aromatic carbocycles. The average molecular weight is 365 g/mol. The third-order valence-electron chi connectivity index (χ3n) is 4.79. The van der Waals surface area contributed by atoms with Crippen molar-refractivity contribution in [3.63, 3.8) is 0 Å². The summed E-state index contributed by atoms with van der Waals surface area (Å²) in [5, 5.41) is 11.6. The molecule has 0 bridgehead atoms. The molecule has 128 valence electrons. The topological polar surface area (TPSA) is 41.6 Å². The first-order chi connectivity index (χ1) is 13.3. The highest BCUT2D eigenvalue weighted by molar-refractivity contribution is 7.21. The van der Waals surface area contributed by atoms with Crippen molar-refractivity contribution in [3.8, 4) is 16.6 Å². The minimum atomic E-state index is 0.662. The fraction of sp³-hybridized carbons (Fsp3) is 0.0435. The first-order valence-electron chi connectivity index (χ1n) is 8.75. The van der Waals surface area contributed by atoms with Crippen LogP contribution in [0.5, 0.6) is 0 Å². The van der Waals surface area contributed by atoms with Crippen LogP contribution in [0.4, 0.5) is 0 Å². The van der Waals surface area contributed by atoms with Crippen molar-refractivity contribution in [1.29, 1.82) is 5.26 Å². The molecule has 27 heavy (non-hydrogen) atoms. The van der Waals surface area contributed by atoms with Crippen LogP contribution >= 0.6 is 11.3 Å². The minimum Gasteiger partial charge on any atom is -0.342 e. The maximum absolute atomic E-state index is 9.41. The number of aromatic nitrogens is 2. The van der Waals surface area contributed by atoms with Crippen LogP contribution in [-0.4, -0.2) is 9.55 Å². The van der Waals surface area contributed by atoms with Crippen LogP contribution in [0.1, 0.15) is 11.1 Å². The zero-order valence-electron chi connectivity index (χ0n) is 14.5. The van der Waals surface area contributed by atoms with Crippen LogP contribution in [0.3, 0.4) is 0 Å². The number of thiazole rings is 1. The van der Waals surface area contributed by atoms with Crippen LogP contribution in [0, 0.1) is 11.3 Å². The first kappa shape index (κ1) is 15.8. The Morgan fingerprint density at radius 3 is 2.59 bits per heavy atom. The summed E-state index contributed by atoms with van der Waals surface area (Å²) in [6.07, 6.45) is 2.16. The Hall–Kier alpha value is -3.42. The molecule has 0 radical (unpaired) electrons. The highest BCUT2D eigenvalue weighted by Gasteiger charge is 2.14. The molecule has 0 amide bonds. The molecule has 5 aromatic rings. The lowest BCUT2D eigenvalue weighted by atomic mass is 10.1. The molecule has 0 saturated carbocycles. The van der Waals surface area contributed by atoms with E-state index in [1.54, 1.807) is 11.3 Å². The van der Waals surface area contributed by atoms with Gasteiger partial charge in [-0.05, 0) is 29.8 Å². The van der Waals surface area contributed by atoms with Gasteiger partial charge < -0.3 is 4.57 Å². The van der Waals surface area contributed by atoms with Crippen LogP contribution in [0.2, 0.25) is 0 Å². The summed E-state index contributed by atoms with van der Waals surface area (Å²) >= 11 is 1.72. The minimum absolute atomic E-state index is 0.662. The molecule has 0 fully saturated rings. The molecule has 2 aromatic heterocycles. The maximum atomic E-state index is 9.41. The molecule has 0 aliphatic rings. The predicted octanol–water partition coefficient (Wildman–Crippen LogP) is 5.84. The average Bonchev–Trinajstić information content (AvgIpc) is 3.30. The third kappa shape index (κ3) is 2.69. The number of hydrogen-bond acceptors (Lipinski definition) is 3. The van der Waals surface area contributed by atoms with E-state index < -0.39 is 0 Å². The molecular formula is C23H15N3S. The second-order valence-corrected chi connectivity index (χ2v) is 7.47. The van der Waals surface area contributed by atoms with Crippen LogP contribution in [0.15, 0.2) is 79.0 Å². The standard InChI is InChI=1S/C23H15N3S/c24-13-16-7-1-2-8-17(16)14-26-15-19(18-9-3-5-11-21(18)26)23-25-20-10-4-6-12-22(20)27-23/h1-12,15H,14H2. The largest absolute Gasteiger partial charge is 0.342 e. The van der Waals surface area contributed by atoms with Gasteiger partial charge in [-0.1, -0.05) is 48.5 Å². The second-order valence-electron chi connectivity index (χ2n) is 6.44. The Morgan fingerprint density at radius 1 is 0.926 bits per heavy atom. The molecule has 0 aliphatic heterocycles. The number of nitriles is 1. The molecule has 4 heteroatoms. The molecule has 0 saturated heterocycles. The summed E-state index contributed by atoms with van der Waals surface area (Å²) in [6, 6.07) is 26.7. The fourth-order valence-corrected chi connectivity index (χ4v) is 4.48. The van der Waals surface area contributed by atoms with E-state index in [9.17, 15) is 5.26 Å². The van der Waals surface area contributed by atoms with Crippen molar-refractivity contribution in [1.82, 2.24) is 9.55 Å². The zero-order valence-corrected chi connectivity index (χ0v) is 15.3. The molecule has 0 atom stereocenters. The van der Waals surface area contributed by atoms with Crippen molar-refractivity contribution < 1.29 is 0 Å². The molecule has 0 spiro atoms. The second kappa shape index (κ2) is 6.39. The van der Waals surface area contributed by atoms with Crippen LogP contribution in [0.25, 0.3) is 31.7 Å². The molecule has 3 nitrogen and oxygen atoms in total. The fourth-order valence-electron chi connectivity index (χ4n) is 3.49. The highest BCUT2D eigenvalue weighted by Crippen LogP contribution is 2.36. The van der Waals surface area contributed by atoms with E-state index in [2.05, 4.69) is 53.2 Å². The SMILES string of the molecule is N#Cc1ccccc1Cn1cc(-c2nc3ccccc3s2)c2ccccc21. The van der Waals surface area contributed by atoms with E-state index in [0.29, 0.717) is 6.54 Å². The van der Waals surface area contributed by atoms with Gasteiger partial charge in [0.25, 0.3) is 0 Å². The summed E-state index contributed by atoms with van der Waals surface area (Å²) in [5.74, 6) is 0. The molecule has 5 rings (SSSR count). The summed E-state index contributed by atoms with van der Waals surface area (Å²) < 4.78 is 3.41. The van der Waals surface area contributed by atoms with Crippen LogP contribution < -0.4 is 0 Å². The van der Waals surface area contributed by atoms with Gasteiger partial charge in [-0.2, -0.15) is 5.26 Å². The summed E-state index contributed by atoms with van der Waals surface area (Å²) in [7, 11) is 0. The normalized spacial score (nSPS) is 11.1. The number of para-hydroxylation sites is 2. The van der Waals surface area contributed by atoms with E-state index in [0.717, 1.165) is 32.7 Å². The number of hydrogen-bond donors (Lipinski definition) is 0. The zero-order chi connectivity index (χ0) is 18.2. The van der Waals surface area contributed by atoms with E-state index in [4.69, 9.17) is 4.98 Å². The van der Waals surface area contributed by atoms with Gasteiger partial charge in [0.15, 0.2) is 0 Å². The van der Waals surface area contributed by atoms with E-state index >= 15 is 0 Å². The number of nitrogens with zero attached hydrogens (tertiary/aromatic N) is 3. The van der Waals surface area contributed by atoms with Crippen molar-refractivity contribution in [2.45, 2.75) is 6.54 Å². The van der Waals surface area contributed by atoms with Gasteiger partial charge in [-0.25, -0.2) is 4.98 Å². The Bertz CT molecular complexity index is 1290. The van der Waals surface area contributed by atoms with Crippen LogP contribution in [-0.2, 0) is 6.54 Å². The number of fused-ring (bicyclic) bond motifs is 2. The highest BCUT2D eigenvalue weighted by atomic mass is 32.1. The Labute approximate surface area is 160 Å². The van der Waals surface area contributed by atoms with Crippen molar-refractivity contribution in [2.24, 2.45) is 0 Å². The molecular weight excluding hydrogens is 350 g/mol. The van der Waals surface area contributed by atoms with E-state index in [-0.39, 0.29) is 0 Å². The maximum Gasteiger partial charge on any atom is 0.126 e. The predicted molar refractivity (Wildman–Crippen MR) is 111 cm³/mol. The first-order valence-corrected chi connectivity index (χ1v) is 9.57. The Morgan fingerprint density at radius 2 is 1.70 bits per heavy atom. The van der Waals surface area contributed by atoms with Gasteiger partial charge >= 0.3 is 0 Å². The van der Waals surface area contributed by atoms with Gasteiger partial charge in [-0.15, -0.1) is 11.3 Å². The summed E-state index contributed by atoms with van der Waals surface area (Å²) in [5.41, 5.74) is 5.07. The van der Waals surface area contributed by atoms with Gasteiger partial charge in [0.05, 0.1) is 21.8 Å². The van der Waals surface area contributed by atoms with Gasteiger partial charge in [0.2, 0.25) is 0 Å². The van der Waals surface area contributed by atoms with Gasteiger partial charge in [0, 0.05) is 29.2 Å². The van der Waals surface area contributed by atoms with E-state index in [1.165, 1.54) is 10.1 Å². The van der Waals surface area contributed by atoms with Crippen molar-refractivity contribution >= 4 is 32.5 Å². The van der Waals surface area contributed by atoms with Gasteiger partial charge in [0.1, 0.15) is 5.01 Å². The molecule has 0 N–H and O–H groups in total. The summed E-state index contributed by atoms with van der Waals surface area (Å²) in [4.78, 5) is 4.84. The molecule has 2 heterocycles. The van der Waals surface area contributed by atoms with Crippen molar-refractivity contribution in [3.05, 3.63) is 90.1 Å². The van der Waals surface area contributed by atoms with E-state index in [1.807, 2.05) is 36.4 Å². The van der Waals surface area contributed by atoms with Crippen molar-refractivity contribution in [2.75, 3.05) is 0 Å². The number of rotatable bonds is 3.